The molecule has 0 fully saturated rings. The minimum atomic E-state index is -4.53. The molecular formula is C12H13F3N2O3. The molecule has 110 valence electrons. The van der Waals surface area contributed by atoms with Gasteiger partial charge in [-0.1, -0.05) is 18.2 Å². The molecule has 1 N–H and O–H groups in total. The molecule has 20 heavy (non-hydrogen) atoms. The lowest BCUT2D eigenvalue weighted by Gasteiger charge is -2.16. The number of nitrogens with one attached hydrogen (secondary N) is 1. The largest absolute Gasteiger partial charge is 0.414 e. The number of halogens is 3. The van der Waals surface area contributed by atoms with Gasteiger partial charge in [0.05, 0.1) is 0 Å². The molecule has 1 rings (SSSR count). The van der Waals surface area contributed by atoms with Crippen LogP contribution in [0, 0.1) is 0 Å². The molecule has 0 aliphatic rings. The normalized spacial score (nSPS) is 11.0. The minimum Gasteiger partial charge on any atom is -0.332 e. The zero-order valence-corrected chi connectivity index (χ0v) is 10.6. The average Bonchev–Trinajstić information content (AvgIpc) is 2.37. The highest BCUT2D eigenvalue weighted by atomic mass is 19.4. The zero-order chi connectivity index (χ0) is 15.2. The summed E-state index contributed by atoms with van der Waals surface area (Å²) in [6.45, 7) is -2.00. The molecule has 0 aromatic heterocycles. The van der Waals surface area contributed by atoms with E-state index in [9.17, 15) is 22.8 Å². The smallest absolute Gasteiger partial charge is 0.332 e. The lowest BCUT2D eigenvalue weighted by molar-refractivity contribution is -0.191. The first-order chi connectivity index (χ1) is 9.29. The maximum absolute atomic E-state index is 11.8. The summed E-state index contributed by atoms with van der Waals surface area (Å²) in [6.07, 6.45) is -4.53. The second kappa shape index (κ2) is 6.90. The Morgan fingerprint density at radius 1 is 1.25 bits per heavy atom. The Balaban J connectivity index is 2.40. The van der Waals surface area contributed by atoms with Crippen molar-refractivity contribution in [3.05, 3.63) is 35.9 Å². The Labute approximate surface area is 113 Å². The monoisotopic (exact) mass is 290 g/mol. The molecule has 0 aliphatic carbocycles. The van der Waals surface area contributed by atoms with Gasteiger partial charge in [0, 0.05) is 12.6 Å². The van der Waals surface area contributed by atoms with Crippen LogP contribution in [0.15, 0.2) is 30.3 Å². The van der Waals surface area contributed by atoms with Crippen LogP contribution in [-0.4, -0.2) is 43.1 Å². The molecule has 0 saturated heterocycles. The molecule has 0 atom stereocenters. The van der Waals surface area contributed by atoms with E-state index in [4.69, 9.17) is 0 Å². The number of hydroxylamine groups is 1. The topological polar surface area (TPSA) is 58.6 Å². The summed E-state index contributed by atoms with van der Waals surface area (Å²) in [7, 11) is 1.36. The molecule has 0 heterocycles. The van der Waals surface area contributed by atoms with E-state index >= 15 is 0 Å². The van der Waals surface area contributed by atoms with E-state index in [0.29, 0.717) is 5.56 Å². The molecule has 5 nitrogen and oxygen atoms in total. The predicted octanol–water partition coefficient (Wildman–Crippen LogP) is 1.37. The number of carbonyl (C=O) groups is 2. The van der Waals surface area contributed by atoms with E-state index in [0.717, 1.165) is 4.90 Å². The summed E-state index contributed by atoms with van der Waals surface area (Å²) in [5, 5.41) is 0. The number of benzene rings is 1. The first kappa shape index (κ1) is 16.0. The molecule has 0 unspecified atom stereocenters. The fourth-order valence-corrected chi connectivity index (χ4v) is 1.32. The Morgan fingerprint density at radius 3 is 2.40 bits per heavy atom. The minimum absolute atomic E-state index is 0.374. The first-order valence-electron chi connectivity index (χ1n) is 5.57. The van der Waals surface area contributed by atoms with Crippen LogP contribution < -0.4 is 5.48 Å². The summed E-state index contributed by atoms with van der Waals surface area (Å²) in [5.74, 6) is -1.27. The number of alkyl halides is 3. The van der Waals surface area contributed by atoms with Gasteiger partial charge < -0.3 is 4.90 Å². The van der Waals surface area contributed by atoms with E-state index in [-0.39, 0.29) is 0 Å². The molecule has 0 spiro atoms. The highest BCUT2D eigenvalue weighted by Gasteiger charge is 2.28. The van der Waals surface area contributed by atoms with Gasteiger partial charge in [0.1, 0.15) is 6.54 Å². The van der Waals surface area contributed by atoms with Crippen molar-refractivity contribution in [1.29, 1.82) is 0 Å². The highest BCUT2D eigenvalue weighted by molar-refractivity contribution is 5.96. The second-order valence-electron chi connectivity index (χ2n) is 3.96. The lowest BCUT2D eigenvalue weighted by atomic mass is 10.2. The van der Waals surface area contributed by atoms with Gasteiger partial charge in [-0.15, -0.1) is 0 Å². The molecule has 0 saturated carbocycles. The van der Waals surface area contributed by atoms with E-state index in [2.05, 4.69) is 4.84 Å². The van der Waals surface area contributed by atoms with Gasteiger partial charge in [-0.3, -0.25) is 14.4 Å². The predicted molar refractivity (Wildman–Crippen MR) is 63.6 cm³/mol. The third-order valence-corrected chi connectivity index (χ3v) is 2.17. The van der Waals surface area contributed by atoms with Gasteiger partial charge in [0.2, 0.25) is 0 Å². The average molecular weight is 290 g/mol. The Kier molecular flexibility index (Phi) is 5.51. The number of amides is 2. The summed E-state index contributed by atoms with van der Waals surface area (Å²) < 4.78 is 35.3. The van der Waals surface area contributed by atoms with E-state index in [1.807, 2.05) is 0 Å². The maximum atomic E-state index is 11.8. The Hall–Kier alpha value is -2.09. The van der Waals surface area contributed by atoms with Crippen molar-refractivity contribution < 1.29 is 27.6 Å². The van der Waals surface area contributed by atoms with Crippen LogP contribution in [0.25, 0.3) is 0 Å². The highest BCUT2D eigenvalue weighted by Crippen LogP contribution is 2.13. The molecule has 0 radical (unpaired) electrons. The molecule has 8 heteroatoms. The van der Waals surface area contributed by atoms with Gasteiger partial charge in [0.25, 0.3) is 11.8 Å². The Morgan fingerprint density at radius 2 is 1.85 bits per heavy atom. The zero-order valence-electron chi connectivity index (χ0n) is 10.6. The third kappa shape index (κ3) is 5.70. The third-order valence-electron chi connectivity index (χ3n) is 2.17. The maximum Gasteiger partial charge on any atom is 0.414 e. The Bertz CT molecular complexity index is 463. The number of carbonyl (C=O) groups excluding carboxylic acids is 2. The van der Waals surface area contributed by atoms with Gasteiger partial charge in [0.15, 0.2) is 6.61 Å². The van der Waals surface area contributed by atoms with Crippen molar-refractivity contribution in [3.63, 3.8) is 0 Å². The van der Waals surface area contributed by atoms with Crippen molar-refractivity contribution in [3.8, 4) is 0 Å². The van der Waals surface area contributed by atoms with Gasteiger partial charge >= 0.3 is 6.18 Å². The van der Waals surface area contributed by atoms with Gasteiger partial charge in [-0.25, -0.2) is 5.48 Å². The van der Waals surface area contributed by atoms with Crippen LogP contribution >= 0.6 is 0 Å². The quantitative estimate of drug-likeness (QED) is 0.833. The number of rotatable bonds is 5. The van der Waals surface area contributed by atoms with Crippen LogP contribution in [0.2, 0.25) is 0 Å². The van der Waals surface area contributed by atoms with E-state index < -0.39 is 31.1 Å². The second-order valence-corrected chi connectivity index (χ2v) is 3.96. The number of hydrogen-bond acceptors (Lipinski definition) is 3. The SMILES string of the molecule is CN(CC(=O)NOCC(F)(F)F)C(=O)c1ccccc1. The van der Waals surface area contributed by atoms with Crippen molar-refractivity contribution in [2.75, 3.05) is 20.2 Å². The van der Waals surface area contributed by atoms with Crippen molar-refractivity contribution in [1.82, 2.24) is 10.4 Å². The summed E-state index contributed by atoms with van der Waals surface area (Å²) in [6, 6.07) is 8.18. The van der Waals surface area contributed by atoms with Crippen LogP contribution in [0.5, 0.6) is 0 Å². The number of hydrogen-bond donors (Lipinski definition) is 1. The van der Waals surface area contributed by atoms with Crippen LogP contribution in [0.1, 0.15) is 10.4 Å². The number of nitrogens with zero attached hydrogens (tertiary/aromatic N) is 1. The van der Waals surface area contributed by atoms with Crippen molar-refractivity contribution >= 4 is 11.8 Å². The van der Waals surface area contributed by atoms with Crippen LogP contribution in [-0.2, 0) is 9.63 Å². The van der Waals surface area contributed by atoms with Crippen LogP contribution in [0.3, 0.4) is 0 Å². The lowest BCUT2D eigenvalue weighted by Crippen LogP contribution is -2.39. The summed E-state index contributed by atoms with van der Waals surface area (Å²) >= 11 is 0. The number of likely N-dealkylation sites (N-methyl/N-ethyl adjacent to an activating group) is 1. The molecule has 2 amide bonds. The molecule has 0 aliphatic heterocycles. The molecule has 1 aromatic carbocycles. The molecule has 0 bridgehead atoms. The molecule has 1 aromatic rings. The fourth-order valence-electron chi connectivity index (χ4n) is 1.32. The van der Waals surface area contributed by atoms with Crippen LogP contribution in [0.4, 0.5) is 13.2 Å². The first-order valence-corrected chi connectivity index (χ1v) is 5.57. The summed E-state index contributed by atoms with van der Waals surface area (Å²) in [5.41, 5.74) is 2.00. The fraction of sp³-hybridized carbons (Fsp3) is 0.333. The standard InChI is InChI=1S/C12H13F3N2O3/c1-17(11(19)9-5-3-2-4-6-9)7-10(18)16-20-8-12(13,14)15/h2-6H,7-8H2,1H3,(H,16,18). The van der Waals surface area contributed by atoms with Gasteiger partial charge in [-0.2, -0.15) is 13.2 Å². The van der Waals surface area contributed by atoms with Crippen molar-refractivity contribution in [2.24, 2.45) is 0 Å². The molecular weight excluding hydrogens is 277 g/mol. The van der Waals surface area contributed by atoms with E-state index in [1.165, 1.54) is 7.05 Å². The summed E-state index contributed by atoms with van der Waals surface area (Å²) in [4.78, 5) is 28.2. The van der Waals surface area contributed by atoms with Crippen molar-refractivity contribution in [2.45, 2.75) is 6.18 Å². The van der Waals surface area contributed by atoms with Gasteiger partial charge in [-0.05, 0) is 12.1 Å². The van der Waals surface area contributed by atoms with E-state index in [1.54, 1.807) is 35.8 Å².